The van der Waals surface area contributed by atoms with Crippen LogP contribution in [-0.2, 0) is 4.79 Å². The van der Waals surface area contributed by atoms with Crippen LogP contribution in [0.5, 0.6) is 5.75 Å². The molecule has 1 atom stereocenters. The van der Waals surface area contributed by atoms with Crippen LogP contribution in [-0.4, -0.2) is 21.5 Å². The molecule has 0 spiro atoms. The van der Waals surface area contributed by atoms with Crippen LogP contribution in [0.4, 0.5) is 13.2 Å². The molecule has 0 fully saturated rings. The summed E-state index contributed by atoms with van der Waals surface area (Å²) in [7, 11) is 0. The minimum atomic E-state index is -1.30. The third-order valence-corrected chi connectivity index (χ3v) is 4.54. The van der Waals surface area contributed by atoms with E-state index in [1.165, 1.54) is 26.0 Å². The molecule has 2 aromatic carbocycles. The average Bonchev–Trinajstić information content (AvgIpc) is 2.90. The number of hydrogen-bond acceptors (Lipinski definition) is 3. The first kappa shape index (κ1) is 18.5. The Hall–Kier alpha value is -3.29. The Kier molecular flexibility index (Phi) is 4.43. The molecular formula is C19H15F3N2O3. The molecule has 0 radical (unpaired) electrons. The molecule has 8 heteroatoms. The summed E-state index contributed by atoms with van der Waals surface area (Å²) in [5.41, 5.74) is 5.26. The molecule has 0 saturated heterocycles. The summed E-state index contributed by atoms with van der Waals surface area (Å²) in [6.07, 6.45) is 0. The Morgan fingerprint density at radius 3 is 2.44 bits per heavy atom. The predicted molar refractivity (Wildman–Crippen MR) is 92.0 cm³/mol. The van der Waals surface area contributed by atoms with Crippen molar-refractivity contribution in [2.24, 2.45) is 5.73 Å². The number of carbonyl (C=O) groups excluding carboxylic acids is 2. The molecule has 0 bridgehead atoms. The molecule has 1 heterocycles. The van der Waals surface area contributed by atoms with E-state index in [1.54, 1.807) is 0 Å². The number of hydrogen-bond donors (Lipinski definition) is 2. The largest absolute Gasteiger partial charge is 0.503 e. The van der Waals surface area contributed by atoms with E-state index < -0.39 is 40.9 Å². The van der Waals surface area contributed by atoms with Gasteiger partial charge in [0.25, 0.3) is 5.91 Å². The summed E-state index contributed by atoms with van der Waals surface area (Å²) in [5, 5.41) is 9.34. The van der Waals surface area contributed by atoms with E-state index in [4.69, 9.17) is 5.73 Å². The van der Waals surface area contributed by atoms with Gasteiger partial charge in [0.2, 0.25) is 5.91 Å². The van der Waals surface area contributed by atoms with Crippen LogP contribution in [0.15, 0.2) is 30.3 Å². The topological polar surface area (TPSA) is 85.3 Å². The number of phenols is 1. The average molecular weight is 376 g/mol. The van der Waals surface area contributed by atoms with Gasteiger partial charge >= 0.3 is 0 Å². The van der Waals surface area contributed by atoms with Crippen molar-refractivity contribution in [3.63, 3.8) is 0 Å². The Morgan fingerprint density at radius 1 is 1.19 bits per heavy atom. The molecule has 140 valence electrons. The summed E-state index contributed by atoms with van der Waals surface area (Å²) in [5.74, 6) is -7.02. The van der Waals surface area contributed by atoms with E-state index in [2.05, 4.69) is 0 Å². The van der Waals surface area contributed by atoms with E-state index in [9.17, 15) is 27.9 Å². The molecule has 1 aromatic heterocycles. The highest BCUT2D eigenvalue weighted by Gasteiger charge is 2.30. The first-order valence-corrected chi connectivity index (χ1v) is 7.96. The van der Waals surface area contributed by atoms with Crippen molar-refractivity contribution in [2.75, 3.05) is 0 Å². The van der Waals surface area contributed by atoms with Crippen LogP contribution in [0.3, 0.4) is 0 Å². The molecule has 27 heavy (non-hydrogen) atoms. The number of aromatic hydroxyl groups is 1. The molecular weight excluding hydrogens is 361 g/mol. The van der Waals surface area contributed by atoms with Gasteiger partial charge in [0.15, 0.2) is 17.4 Å². The van der Waals surface area contributed by atoms with Crippen molar-refractivity contribution in [3.8, 4) is 5.75 Å². The van der Waals surface area contributed by atoms with Crippen molar-refractivity contribution in [2.45, 2.75) is 19.8 Å². The number of rotatable bonds is 3. The third-order valence-electron chi connectivity index (χ3n) is 4.54. The Bertz CT molecular complexity index is 1110. The van der Waals surface area contributed by atoms with Crippen LogP contribution in [0, 0.1) is 24.4 Å². The van der Waals surface area contributed by atoms with Crippen LogP contribution in [0.25, 0.3) is 10.9 Å². The minimum Gasteiger partial charge on any atom is -0.503 e. The zero-order chi connectivity index (χ0) is 20.0. The number of fused-ring (bicyclic) bond motifs is 1. The quantitative estimate of drug-likeness (QED) is 0.735. The van der Waals surface area contributed by atoms with Gasteiger partial charge in [-0.3, -0.25) is 14.2 Å². The standard InChI is InChI=1S/C19H15F3N2O3/c1-8(18(23)26)14-9(2)24(19(27)10-4-3-5-11(20)6-10)13-7-12(21)17(25)16(22)15(13)14/h3-8,25H,1-2H3,(H2,23,26)/t8-/m0/s1. The second-order valence-electron chi connectivity index (χ2n) is 6.19. The number of aromatic nitrogens is 1. The van der Waals surface area contributed by atoms with Crippen LogP contribution in [0.2, 0.25) is 0 Å². The van der Waals surface area contributed by atoms with Crippen LogP contribution in [0.1, 0.15) is 34.5 Å². The fraction of sp³-hybridized carbons (Fsp3) is 0.158. The lowest BCUT2D eigenvalue weighted by Gasteiger charge is -2.10. The van der Waals surface area contributed by atoms with Gasteiger partial charge < -0.3 is 10.8 Å². The van der Waals surface area contributed by atoms with Gasteiger partial charge in [-0.25, -0.2) is 13.2 Å². The zero-order valence-electron chi connectivity index (χ0n) is 14.4. The first-order valence-electron chi connectivity index (χ1n) is 7.96. The van der Waals surface area contributed by atoms with Gasteiger partial charge in [0.05, 0.1) is 11.4 Å². The van der Waals surface area contributed by atoms with Crippen LogP contribution < -0.4 is 5.73 Å². The monoisotopic (exact) mass is 376 g/mol. The third kappa shape index (κ3) is 2.83. The van der Waals surface area contributed by atoms with E-state index in [1.807, 2.05) is 0 Å². The summed E-state index contributed by atoms with van der Waals surface area (Å²) >= 11 is 0. The number of phenolic OH excluding ortho intramolecular Hbond substituents is 1. The molecule has 3 N–H and O–H groups in total. The Labute approximate surface area is 151 Å². The van der Waals surface area contributed by atoms with E-state index in [0.29, 0.717) is 0 Å². The smallest absolute Gasteiger partial charge is 0.262 e. The Morgan fingerprint density at radius 2 is 1.85 bits per heavy atom. The lowest BCUT2D eigenvalue weighted by atomic mass is 9.97. The predicted octanol–water partition coefficient (Wildman–Crippen LogP) is 3.35. The van der Waals surface area contributed by atoms with E-state index >= 15 is 0 Å². The SMILES string of the molecule is Cc1c([C@H](C)C(N)=O)c2c(F)c(O)c(F)cc2n1C(=O)c1cccc(F)c1. The van der Waals surface area contributed by atoms with Crippen molar-refractivity contribution in [3.05, 3.63) is 64.6 Å². The number of primary amides is 1. The molecule has 0 aliphatic heterocycles. The molecule has 3 rings (SSSR count). The van der Waals surface area contributed by atoms with Gasteiger partial charge in [-0.15, -0.1) is 0 Å². The second kappa shape index (κ2) is 6.46. The highest BCUT2D eigenvalue weighted by molar-refractivity contribution is 6.05. The fourth-order valence-electron chi connectivity index (χ4n) is 3.20. The number of halogens is 3. The lowest BCUT2D eigenvalue weighted by molar-refractivity contribution is -0.119. The maximum absolute atomic E-state index is 14.6. The van der Waals surface area contributed by atoms with Gasteiger partial charge in [-0.2, -0.15) is 0 Å². The number of benzene rings is 2. The normalized spacial score (nSPS) is 12.3. The number of amides is 1. The molecule has 3 aromatic rings. The second-order valence-corrected chi connectivity index (χ2v) is 6.19. The lowest BCUT2D eigenvalue weighted by Crippen LogP contribution is -2.20. The Balaban J connectivity index is 2.41. The minimum absolute atomic E-state index is 0.0510. The zero-order valence-corrected chi connectivity index (χ0v) is 14.4. The maximum Gasteiger partial charge on any atom is 0.262 e. The van der Waals surface area contributed by atoms with Gasteiger partial charge in [0, 0.05) is 22.7 Å². The van der Waals surface area contributed by atoms with E-state index in [-0.39, 0.29) is 27.7 Å². The molecule has 0 saturated carbocycles. The molecule has 0 unspecified atom stereocenters. The number of carbonyl (C=O) groups is 2. The summed E-state index contributed by atoms with van der Waals surface area (Å²) in [6, 6.07) is 5.59. The maximum atomic E-state index is 14.6. The van der Waals surface area contributed by atoms with Crippen molar-refractivity contribution in [1.29, 1.82) is 0 Å². The van der Waals surface area contributed by atoms with Crippen molar-refractivity contribution >= 4 is 22.7 Å². The fourth-order valence-corrected chi connectivity index (χ4v) is 3.20. The highest BCUT2D eigenvalue weighted by Crippen LogP contribution is 2.38. The van der Waals surface area contributed by atoms with Gasteiger partial charge in [-0.05, 0) is 37.6 Å². The molecule has 5 nitrogen and oxygen atoms in total. The summed E-state index contributed by atoms with van der Waals surface area (Å²) < 4.78 is 43.1. The van der Waals surface area contributed by atoms with Gasteiger partial charge in [0.1, 0.15) is 5.82 Å². The van der Waals surface area contributed by atoms with Crippen molar-refractivity contribution in [1.82, 2.24) is 4.57 Å². The van der Waals surface area contributed by atoms with Gasteiger partial charge in [-0.1, -0.05) is 6.07 Å². The number of nitrogens with zero attached hydrogens (tertiary/aromatic N) is 1. The van der Waals surface area contributed by atoms with Crippen molar-refractivity contribution < 1.29 is 27.9 Å². The number of nitrogens with two attached hydrogens (primary N) is 1. The molecule has 0 aliphatic rings. The summed E-state index contributed by atoms with van der Waals surface area (Å²) in [4.78, 5) is 24.6. The molecule has 0 aliphatic carbocycles. The van der Waals surface area contributed by atoms with E-state index in [0.717, 1.165) is 22.8 Å². The first-order chi connectivity index (χ1) is 12.6. The van der Waals surface area contributed by atoms with Crippen LogP contribution >= 0.6 is 0 Å². The molecule has 1 amide bonds. The highest BCUT2D eigenvalue weighted by atomic mass is 19.1. The summed E-state index contributed by atoms with van der Waals surface area (Å²) in [6.45, 7) is 2.83.